The first-order valence-electron chi connectivity index (χ1n) is 8.83. The number of imide groups is 1. The number of phenolic OH excluding ortho intramolecular Hbond substituents is 1. The molecular weight excluding hydrogens is 395 g/mol. The Labute approximate surface area is 171 Å². The molecule has 2 aromatic carbocycles. The number of amides is 3. The molecule has 0 bridgehead atoms. The highest BCUT2D eigenvalue weighted by Gasteiger charge is 2.33. The van der Waals surface area contributed by atoms with E-state index in [2.05, 4.69) is 5.32 Å². The van der Waals surface area contributed by atoms with Gasteiger partial charge in [-0.1, -0.05) is 44.2 Å². The highest BCUT2D eigenvalue weighted by atomic mass is 19.1. The minimum atomic E-state index is -1.15. The molecule has 0 fully saturated rings. The molecule has 2 rings (SSSR count). The third-order valence-corrected chi connectivity index (χ3v) is 4.20. The van der Waals surface area contributed by atoms with Crippen LogP contribution >= 0.6 is 0 Å². The number of carbonyl (C=O) groups excluding carboxylic acids is 3. The number of aromatic hydroxyl groups is 1. The van der Waals surface area contributed by atoms with E-state index in [1.54, 1.807) is 32.0 Å². The number of rotatable bonds is 6. The van der Waals surface area contributed by atoms with E-state index in [1.807, 2.05) is 0 Å². The summed E-state index contributed by atoms with van der Waals surface area (Å²) in [7, 11) is 0. The summed E-state index contributed by atoms with van der Waals surface area (Å²) in [6.07, 6.45) is 0.120. The molecule has 1 atom stereocenters. The van der Waals surface area contributed by atoms with E-state index in [1.165, 1.54) is 29.8 Å². The maximum absolute atomic E-state index is 13.9. The molecule has 30 heavy (non-hydrogen) atoms. The third kappa shape index (κ3) is 5.89. The van der Waals surface area contributed by atoms with Crippen molar-refractivity contribution in [2.45, 2.75) is 20.0 Å². The van der Waals surface area contributed by atoms with Gasteiger partial charge in [0.1, 0.15) is 6.10 Å². The molecule has 0 aliphatic heterocycles. The zero-order valence-corrected chi connectivity index (χ0v) is 16.3. The number of nitrogens with one attached hydrogen (secondary N) is 2. The first-order valence-corrected chi connectivity index (χ1v) is 8.83. The lowest BCUT2D eigenvalue weighted by Gasteiger charge is -2.31. The summed E-state index contributed by atoms with van der Waals surface area (Å²) in [5.74, 6) is -3.03. The summed E-state index contributed by atoms with van der Waals surface area (Å²) in [6, 6.07) is 11.4. The molecule has 9 heteroatoms. The Morgan fingerprint density at radius 2 is 1.80 bits per heavy atom. The fourth-order valence-corrected chi connectivity index (χ4v) is 2.64. The lowest BCUT2D eigenvalue weighted by molar-refractivity contribution is -0.124. The maximum Gasteiger partial charge on any atom is 0.414 e. The predicted molar refractivity (Wildman–Crippen MR) is 104 cm³/mol. The number of phenols is 1. The molecule has 8 nitrogen and oxygen atoms in total. The normalized spacial score (nSPS) is 12.3. The number of ether oxygens (including phenoxy) is 1. The van der Waals surface area contributed by atoms with Crippen molar-refractivity contribution >= 4 is 17.9 Å². The van der Waals surface area contributed by atoms with Crippen molar-refractivity contribution < 1.29 is 33.8 Å². The SMILES string of the molecule is CC(C)(/C=C/C(=O)NO)[C@@H](OC(=O)NC(=O)c1ccccc1)c1ccc(O)c(F)c1. The molecule has 0 saturated carbocycles. The van der Waals surface area contributed by atoms with Crippen LogP contribution in [0.5, 0.6) is 5.75 Å². The van der Waals surface area contributed by atoms with Gasteiger partial charge in [0, 0.05) is 17.1 Å². The molecule has 0 spiro atoms. The van der Waals surface area contributed by atoms with Gasteiger partial charge in [0.15, 0.2) is 11.6 Å². The van der Waals surface area contributed by atoms with E-state index in [-0.39, 0.29) is 11.1 Å². The number of carbonyl (C=O) groups is 3. The monoisotopic (exact) mass is 416 g/mol. The zero-order valence-electron chi connectivity index (χ0n) is 16.3. The van der Waals surface area contributed by atoms with Crippen LogP contribution in [0.4, 0.5) is 9.18 Å². The van der Waals surface area contributed by atoms with Crippen LogP contribution in [0.3, 0.4) is 0 Å². The van der Waals surface area contributed by atoms with Crippen LogP contribution in [0.25, 0.3) is 0 Å². The van der Waals surface area contributed by atoms with Gasteiger partial charge < -0.3 is 9.84 Å². The Bertz CT molecular complexity index is 959. The van der Waals surface area contributed by atoms with Gasteiger partial charge in [-0.25, -0.2) is 14.7 Å². The summed E-state index contributed by atoms with van der Waals surface area (Å²) in [4.78, 5) is 35.9. The summed E-state index contributed by atoms with van der Waals surface area (Å²) in [5, 5.41) is 20.2. The second-order valence-electron chi connectivity index (χ2n) is 6.95. The van der Waals surface area contributed by atoms with Gasteiger partial charge in [0.25, 0.3) is 11.8 Å². The average Bonchev–Trinajstić information content (AvgIpc) is 2.73. The van der Waals surface area contributed by atoms with Gasteiger partial charge >= 0.3 is 6.09 Å². The summed E-state index contributed by atoms with van der Waals surface area (Å²) >= 11 is 0. The molecule has 0 radical (unpaired) electrons. The molecule has 3 amide bonds. The Hall–Kier alpha value is -3.72. The van der Waals surface area contributed by atoms with E-state index in [9.17, 15) is 23.9 Å². The first kappa shape index (κ1) is 22.6. The lowest BCUT2D eigenvalue weighted by atomic mass is 9.82. The van der Waals surface area contributed by atoms with E-state index in [0.717, 1.165) is 18.2 Å². The van der Waals surface area contributed by atoms with Crippen LogP contribution in [0.2, 0.25) is 0 Å². The van der Waals surface area contributed by atoms with Crippen LogP contribution in [0, 0.1) is 11.2 Å². The second kappa shape index (κ2) is 9.66. The smallest absolute Gasteiger partial charge is 0.414 e. The van der Waals surface area contributed by atoms with Crippen LogP contribution in [0.1, 0.15) is 35.9 Å². The maximum atomic E-state index is 13.9. The summed E-state index contributed by atoms with van der Waals surface area (Å²) in [6.45, 7) is 3.19. The molecule has 158 valence electrons. The van der Waals surface area contributed by atoms with Crippen molar-refractivity contribution in [3.63, 3.8) is 0 Å². The highest BCUT2D eigenvalue weighted by Crippen LogP contribution is 2.39. The van der Waals surface area contributed by atoms with Gasteiger partial charge in [0.05, 0.1) is 0 Å². The minimum Gasteiger partial charge on any atom is -0.505 e. The highest BCUT2D eigenvalue weighted by molar-refractivity contribution is 6.02. The Kier molecular flexibility index (Phi) is 7.27. The van der Waals surface area contributed by atoms with Gasteiger partial charge in [-0.3, -0.25) is 20.1 Å². The Morgan fingerprint density at radius 3 is 2.40 bits per heavy atom. The molecule has 2 aromatic rings. The van der Waals surface area contributed by atoms with E-state index in [4.69, 9.17) is 9.94 Å². The van der Waals surface area contributed by atoms with Gasteiger partial charge in [-0.15, -0.1) is 0 Å². The number of benzene rings is 2. The largest absolute Gasteiger partial charge is 0.505 e. The fourth-order valence-electron chi connectivity index (χ4n) is 2.64. The van der Waals surface area contributed by atoms with Crippen LogP contribution in [-0.4, -0.2) is 28.2 Å². The molecule has 0 aromatic heterocycles. The Morgan fingerprint density at radius 1 is 1.13 bits per heavy atom. The number of hydroxylamine groups is 1. The minimum absolute atomic E-state index is 0.173. The standard InChI is InChI=1S/C21H21FN2O6/c1-21(2,11-10-17(26)24-29)18(14-8-9-16(25)15(22)12-14)30-20(28)23-19(27)13-6-4-3-5-7-13/h3-12,18,25,29H,1-2H3,(H,24,26)(H,23,27,28)/b11-10+/t18-/m0/s1. The van der Waals surface area contributed by atoms with Gasteiger partial charge in [-0.05, 0) is 29.8 Å². The van der Waals surface area contributed by atoms with E-state index in [0.29, 0.717) is 0 Å². The lowest BCUT2D eigenvalue weighted by Crippen LogP contribution is -2.35. The van der Waals surface area contributed by atoms with E-state index >= 15 is 0 Å². The Balaban J connectivity index is 2.29. The van der Waals surface area contributed by atoms with Crippen LogP contribution in [-0.2, 0) is 9.53 Å². The molecule has 0 aliphatic carbocycles. The number of halogens is 1. The van der Waals surface area contributed by atoms with Crippen molar-refractivity contribution in [2.75, 3.05) is 0 Å². The van der Waals surface area contributed by atoms with Crippen molar-refractivity contribution in [2.24, 2.45) is 5.41 Å². The third-order valence-electron chi connectivity index (χ3n) is 4.20. The quantitative estimate of drug-likeness (QED) is 0.326. The van der Waals surface area contributed by atoms with Gasteiger partial charge in [0.2, 0.25) is 0 Å². The summed E-state index contributed by atoms with van der Waals surface area (Å²) in [5.41, 5.74) is 0.763. The van der Waals surface area contributed by atoms with Crippen molar-refractivity contribution in [3.05, 3.63) is 77.6 Å². The molecule has 0 aliphatic rings. The van der Waals surface area contributed by atoms with Gasteiger partial charge in [-0.2, -0.15) is 0 Å². The number of alkyl carbamates (subject to hydrolysis) is 1. The first-order chi connectivity index (χ1) is 14.1. The molecule has 0 heterocycles. The van der Waals surface area contributed by atoms with Crippen LogP contribution in [0.15, 0.2) is 60.7 Å². The molecule has 0 unspecified atom stereocenters. The van der Waals surface area contributed by atoms with Crippen molar-refractivity contribution in [1.29, 1.82) is 0 Å². The van der Waals surface area contributed by atoms with Crippen molar-refractivity contribution in [1.82, 2.24) is 10.8 Å². The topological polar surface area (TPSA) is 125 Å². The molecule has 4 N–H and O–H groups in total. The number of hydrogen-bond acceptors (Lipinski definition) is 6. The van der Waals surface area contributed by atoms with Crippen LogP contribution < -0.4 is 10.8 Å². The second-order valence-corrected chi connectivity index (χ2v) is 6.95. The van der Waals surface area contributed by atoms with Crippen molar-refractivity contribution in [3.8, 4) is 5.75 Å². The average molecular weight is 416 g/mol. The molecule has 0 saturated heterocycles. The summed E-state index contributed by atoms with van der Waals surface area (Å²) < 4.78 is 19.3. The number of hydrogen-bond donors (Lipinski definition) is 4. The fraction of sp³-hybridized carbons (Fsp3) is 0.190. The molecular formula is C21H21FN2O6. The van der Waals surface area contributed by atoms with E-state index < -0.39 is 41.0 Å². The zero-order chi connectivity index (χ0) is 22.3. The predicted octanol–water partition coefficient (Wildman–Crippen LogP) is 3.23.